The Morgan fingerprint density at radius 2 is 1.85 bits per heavy atom. The van der Waals surface area contributed by atoms with E-state index < -0.39 is 11.6 Å². The monoisotopic (exact) mass is 362 g/mol. The van der Waals surface area contributed by atoms with Gasteiger partial charge in [0.05, 0.1) is 31.6 Å². The first kappa shape index (κ1) is 19.8. The van der Waals surface area contributed by atoms with Crippen LogP contribution in [0.3, 0.4) is 0 Å². The predicted molar refractivity (Wildman–Crippen MR) is 101 cm³/mol. The van der Waals surface area contributed by atoms with Crippen molar-refractivity contribution in [1.82, 2.24) is 0 Å². The van der Waals surface area contributed by atoms with Gasteiger partial charge in [-0.3, -0.25) is 5.43 Å². The Kier molecular flexibility index (Phi) is 7.09. The van der Waals surface area contributed by atoms with Crippen LogP contribution in [-0.2, 0) is 6.54 Å². The lowest BCUT2D eigenvalue weighted by molar-refractivity contribution is -0.910. The quantitative estimate of drug-likeness (QED) is 0.559. The van der Waals surface area contributed by atoms with Crippen LogP contribution in [0.5, 0.6) is 5.75 Å². The number of halogens is 2. The molecule has 0 spiro atoms. The minimum Gasteiger partial charge on any atom is -0.496 e. The lowest BCUT2D eigenvalue weighted by Gasteiger charge is -2.18. The maximum Gasteiger partial charge on any atom is 0.151 e. The van der Waals surface area contributed by atoms with Crippen molar-refractivity contribution >= 4 is 11.4 Å². The molecular formula is C20H26F2N3O+. The maximum atomic E-state index is 13.7. The largest absolute Gasteiger partial charge is 0.496 e. The highest BCUT2D eigenvalue weighted by Crippen LogP contribution is 2.20. The molecule has 2 aromatic rings. The molecule has 0 unspecified atom stereocenters. The van der Waals surface area contributed by atoms with Crippen LogP contribution < -0.4 is 15.1 Å². The molecule has 0 fully saturated rings. The summed E-state index contributed by atoms with van der Waals surface area (Å²) in [4.78, 5) is 1.45. The number of hydrogen-bond donors (Lipinski definition) is 2. The number of anilines is 1. The van der Waals surface area contributed by atoms with Crippen molar-refractivity contribution in [3.8, 4) is 5.75 Å². The van der Waals surface area contributed by atoms with Gasteiger partial charge >= 0.3 is 0 Å². The zero-order valence-corrected chi connectivity index (χ0v) is 15.7. The molecule has 4 nitrogen and oxygen atoms in total. The summed E-state index contributed by atoms with van der Waals surface area (Å²) in [5, 5.41) is 4.23. The highest BCUT2D eigenvalue weighted by atomic mass is 19.1. The van der Waals surface area contributed by atoms with Gasteiger partial charge in [-0.15, -0.1) is 0 Å². The predicted octanol–water partition coefficient (Wildman–Crippen LogP) is 3.23. The molecule has 0 aromatic heterocycles. The van der Waals surface area contributed by atoms with Gasteiger partial charge in [0.25, 0.3) is 0 Å². The fraction of sp³-hybridized carbons (Fsp3) is 0.350. The second-order valence-electron chi connectivity index (χ2n) is 6.09. The number of nitrogens with one attached hydrogen (secondary N) is 2. The van der Waals surface area contributed by atoms with E-state index in [0.29, 0.717) is 5.71 Å². The highest BCUT2D eigenvalue weighted by Gasteiger charge is 2.12. The summed E-state index contributed by atoms with van der Waals surface area (Å²) in [6.45, 7) is 9.07. The molecule has 6 heteroatoms. The van der Waals surface area contributed by atoms with Crippen molar-refractivity contribution < 1.29 is 18.4 Å². The lowest BCUT2D eigenvalue weighted by Crippen LogP contribution is -3.10. The van der Waals surface area contributed by atoms with Crippen LogP contribution >= 0.6 is 0 Å². The Bertz CT molecular complexity index is 774. The molecule has 0 amide bonds. The van der Waals surface area contributed by atoms with Gasteiger partial charge in [-0.25, -0.2) is 8.78 Å². The first-order valence-corrected chi connectivity index (χ1v) is 8.74. The summed E-state index contributed by atoms with van der Waals surface area (Å²) in [5.41, 5.74) is 5.51. The van der Waals surface area contributed by atoms with E-state index in [0.717, 1.165) is 42.6 Å². The lowest BCUT2D eigenvalue weighted by atomic mass is 10.1. The summed E-state index contributed by atoms with van der Waals surface area (Å²) >= 11 is 0. The van der Waals surface area contributed by atoms with Crippen molar-refractivity contribution in [3.05, 3.63) is 59.2 Å². The number of ether oxygens (including phenoxy) is 1. The number of methoxy groups -OCH3 is 1. The van der Waals surface area contributed by atoms with Gasteiger partial charge in [0.1, 0.15) is 18.1 Å². The van der Waals surface area contributed by atoms with Gasteiger partial charge in [0.2, 0.25) is 0 Å². The summed E-state index contributed by atoms with van der Waals surface area (Å²) in [5.74, 6) is -0.451. The van der Waals surface area contributed by atoms with E-state index >= 15 is 0 Å². The third-order valence-electron chi connectivity index (χ3n) is 4.41. The third-order valence-corrected chi connectivity index (χ3v) is 4.41. The average Bonchev–Trinajstić information content (AvgIpc) is 2.64. The summed E-state index contributed by atoms with van der Waals surface area (Å²) < 4.78 is 32.1. The smallest absolute Gasteiger partial charge is 0.151 e. The molecule has 26 heavy (non-hydrogen) atoms. The second-order valence-corrected chi connectivity index (χ2v) is 6.09. The molecule has 0 heterocycles. The first-order valence-electron chi connectivity index (χ1n) is 8.74. The Labute approximate surface area is 153 Å². The van der Waals surface area contributed by atoms with Crippen molar-refractivity contribution in [1.29, 1.82) is 0 Å². The van der Waals surface area contributed by atoms with Crippen LogP contribution in [-0.4, -0.2) is 25.9 Å². The molecule has 0 aliphatic heterocycles. The van der Waals surface area contributed by atoms with Gasteiger partial charge in [0.15, 0.2) is 5.82 Å². The Balaban J connectivity index is 2.23. The topological polar surface area (TPSA) is 38.1 Å². The standard InChI is InChI=1S/C20H25F2N3O/c1-5-25(6-2)13-16-11-15(7-10-20(16)26-4)14(3)23-24-19-9-8-17(21)12-18(19)22/h7-12,24H,5-6,13H2,1-4H3/p+1/b23-14-. The van der Waals surface area contributed by atoms with Crippen LogP contribution in [0.4, 0.5) is 14.5 Å². The van der Waals surface area contributed by atoms with E-state index in [1.807, 2.05) is 25.1 Å². The minimum atomic E-state index is -0.679. The van der Waals surface area contributed by atoms with Crippen LogP contribution in [0.25, 0.3) is 0 Å². The molecule has 0 saturated carbocycles. The Hall–Kier alpha value is -2.47. The normalized spacial score (nSPS) is 11.7. The van der Waals surface area contributed by atoms with Gasteiger partial charge in [0, 0.05) is 11.6 Å². The molecule has 0 saturated heterocycles. The molecule has 0 aliphatic carbocycles. The minimum absolute atomic E-state index is 0.132. The number of quaternary nitrogens is 1. The molecule has 0 atom stereocenters. The van der Waals surface area contributed by atoms with E-state index in [1.54, 1.807) is 7.11 Å². The van der Waals surface area contributed by atoms with Crippen molar-refractivity contribution in [2.75, 3.05) is 25.6 Å². The maximum absolute atomic E-state index is 13.7. The number of rotatable bonds is 8. The zero-order valence-electron chi connectivity index (χ0n) is 15.7. The summed E-state index contributed by atoms with van der Waals surface area (Å²) in [7, 11) is 1.66. The summed E-state index contributed by atoms with van der Waals surface area (Å²) in [6, 6.07) is 9.23. The number of benzene rings is 2. The van der Waals surface area contributed by atoms with Crippen LogP contribution in [0.15, 0.2) is 41.5 Å². The molecular weight excluding hydrogens is 336 g/mol. The number of hydrogen-bond acceptors (Lipinski definition) is 3. The van der Waals surface area contributed by atoms with Crippen LogP contribution in [0, 0.1) is 11.6 Å². The van der Waals surface area contributed by atoms with Gasteiger partial charge < -0.3 is 9.64 Å². The van der Waals surface area contributed by atoms with Crippen molar-refractivity contribution in [2.24, 2.45) is 5.10 Å². The molecule has 2 N–H and O–H groups in total. The highest BCUT2D eigenvalue weighted by molar-refractivity contribution is 5.99. The zero-order chi connectivity index (χ0) is 19.1. The van der Waals surface area contributed by atoms with Gasteiger partial charge in [-0.2, -0.15) is 5.10 Å². The Morgan fingerprint density at radius 1 is 1.12 bits per heavy atom. The SMILES string of the molecule is CC[NH+](CC)Cc1cc(/C(C)=N\Nc2ccc(F)cc2F)ccc1OC. The first-order chi connectivity index (χ1) is 12.5. The van der Waals surface area contributed by atoms with Gasteiger partial charge in [-0.05, 0) is 56.7 Å². The van der Waals surface area contributed by atoms with E-state index in [9.17, 15) is 8.78 Å². The summed E-state index contributed by atoms with van der Waals surface area (Å²) in [6.07, 6.45) is 0. The molecule has 2 aromatic carbocycles. The molecule has 140 valence electrons. The molecule has 0 aliphatic rings. The van der Waals surface area contributed by atoms with Crippen LogP contribution in [0.2, 0.25) is 0 Å². The fourth-order valence-corrected chi connectivity index (χ4v) is 2.70. The molecule has 2 rings (SSSR count). The van der Waals surface area contributed by atoms with E-state index in [2.05, 4.69) is 24.4 Å². The fourth-order valence-electron chi connectivity index (χ4n) is 2.70. The third kappa shape index (κ3) is 5.02. The second kappa shape index (κ2) is 9.29. The molecule has 0 radical (unpaired) electrons. The van der Waals surface area contributed by atoms with E-state index in [4.69, 9.17) is 4.74 Å². The molecule has 0 bridgehead atoms. The van der Waals surface area contributed by atoms with E-state index in [1.165, 1.54) is 17.0 Å². The van der Waals surface area contributed by atoms with Gasteiger partial charge in [-0.1, -0.05) is 0 Å². The average molecular weight is 362 g/mol. The van der Waals surface area contributed by atoms with Crippen molar-refractivity contribution in [3.63, 3.8) is 0 Å². The Morgan fingerprint density at radius 3 is 2.46 bits per heavy atom. The van der Waals surface area contributed by atoms with Crippen LogP contribution in [0.1, 0.15) is 31.9 Å². The number of hydrazone groups is 1. The number of nitrogens with zero attached hydrogens (tertiary/aromatic N) is 1. The van der Waals surface area contributed by atoms with E-state index in [-0.39, 0.29) is 5.69 Å². The van der Waals surface area contributed by atoms with Crippen molar-refractivity contribution in [2.45, 2.75) is 27.3 Å².